The van der Waals surface area contributed by atoms with Gasteiger partial charge in [0.25, 0.3) is 0 Å². The molecule has 1 heterocycles. The molecule has 2 heteroatoms. The SMILES string of the molecule is CCc1ccccc1NCc1c(CC)oc2ccccc12. The van der Waals surface area contributed by atoms with Gasteiger partial charge in [-0.3, -0.25) is 0 Å². The summed E-state index contributed by atoms with van der Waals surface area (Å²) in [5.41, 5.74) is 4.82. The first-order valence-electron chi connectivity index (χ1n) is 7.64. The van der Waals surface area contributed by atoms with Crippen LogP contribution in [0, 0.1) is 0 Å². The molecule has 0 saturated carbocycles. The number of hydrogen-bond donors (Lipinski definition) is 1. The Morgan fingerprint density at radius 1 is 0.905 bits per heavy atom. The maximum atomic E-state index is 5.95. The van der Waals surface area contributed by atoms with Crippen molar-refractivity contribution in [3.63, 3.8) is 0 Å². The van der Waals surface area contributed by atoms with Gasteiger partial charge in [-0.25, -0.2) is 0 Å². The molecule has 1 N–H and O–H groups in total. The van der Waals surface area contributed by atoms with E-state index in [4.69, 9.17) is 4.42 Å². The molecule has 0 unspecified atom stereocenters. The molecular formula is C19H21NO. The van der Waals surface area contributed by atoms with Crippen LogP contribution in [-0.4, -0.2) is 0 Å². The van der Waals surface area contributed by atoms with Crippen molar-refractivity contribution in [2.45, 2.75) is 33.2 Å². The van der Waals surface area contributed by atoms with Crippen LogP contribution in [0.1, 0.15) is 30.7 Å². The van der Waals surface area contributed by atoms with Gasteiger partial charge in [0.05, 0.1) is 0 Å². The Kier molecular flexibility index (Phi) is 3.96. The Bertz CT molecular complexity index is 742. The monoisotopic (exact) mass is 279 g/mol. The van der Waals surface area contributed by atoms with Crippen LogP contribution in [-0.2, 0) is 19.4 Å². The summed E-state index contributed by atoms with van der Waals surface area (Å²) in [6.07, 6.45) is 1.96. The first kappa shape index (κ1) is 13.7. The number of anilines is 1. The second-order valence-corrected chi connectivity index (χ2v) is 5.22. The molecule has 0 aliphatic heterocycles. The maximum Gasteiger partial charge on any atom is 0.134 e. The highest BCUT2D eigenvalue weighted by molar-refractivity contribution is 5.82. The van der Waals surface area contributed by atoms with Crippen LogP contribution in [0.15, 0.2) is 52.9 Å². The summed E-state index contributed by atoms with van der Waals surface area (Å²) in [6, 6.07) is 16.8. The topological polar surface area (TPSA) is 25.2 Å². The fraction of sp³-hybridized carbons (Fsp3) is 0.263. The molecule has 0 spiro atoms. The predicted molar refractivity (Wildman–Crippen MR) is 88.7 cm³/mol. The van der Waals surface area contributed by atoms with Gasteiger partial charge in [0, 0.05) is 29.6 Å². The second kappa shape index (κ2) is 6.04. The van der Waals surface area contributed by atoms with Gasteiger partial charge in [-0.15, -0.1) is 0 Å². The quantitative estimate of drug-likeness (QED) is 0.697. The van der Waals surface area contributed by atoms with Gasteiger partial charge in [-0.2, -0.15) is 0 Å². The van der Waals surface area contributed by atoms with Crippen LogP contribution >= 0.6 is 0 Å². The summed E-state index contributed by atoms with van der Waals surface area (Å²) in [5.74, 6) is 1.08. The zero-order chi connectivity index (χ0) is 14.7. The lowest BCUT2D eigenvalue weighted by molar-refractivity contribution is 0.551. The number of rotatable bonds is 5. The van der Waals surface area contributed by atoms with E-state index in [0.717, 1.165) is 30.7 Å². The number of benzene rings is 2. The summed E-state index contributed by atoms with van der Waals surface area (Å²) in [4.78, 5) is 0. The van der Waals surface area contributed by atoms with E-state index in [1.54, 1.807) is 0 Å². The largest absolute Gasteiger partial charge is 0.461 e. The molecule has 0 amide bonds. The summed E-state index contributed by atoms with van der Waals surface area (Å²) >= 11 is 0. The Balaban J connectivity index is 1.91. The lowest BCUT2D eigenvalue weighted by Crippen LogP contribution is -2.03. The van der Waals surface area contributed by atoms with Gasteiger partial charge in [0.1, 0.15) is 11.3 Å². The minimum atomic E-state index is 0.803. The first-order chi connectivity index (χ1) is 10.3. The van der Waals surface area contributed by atoms with Crippen LogP contribution in [0.25, 0.3) is 11.0 Å². The Labute approximate surface area is 125 Å². The summed E-state index contributed by atoms with van der Waals surface area (Å²) in [6.45, 7) is 5.13. The third-order valence-corrected chi connectivity index (χ3v) is 3.96. The second-order valence-electron chi connectivity index (χ2n) is 5.22. The van der Waals surface area contributed by atoms with Crippen LogP contribution in [0.3, 0.4) is 0 Å². The van der Waals surface area contributed by atoms with Crippen molar-refractivity contribution in [3.05, 3.63) is 65.4 Å². The summed E-state index contributed by atoms with van der Waals surface area (Å²) in [7, 11) is 0. The Hall–Kier alpha value is -2.22. The number of hydrogen-bond acceptors (Lipinski definition) is 2. The molecule has 1 aromatic heterocycles. The predicted octanol–water partition coefficient (Wildman–Crippen LogP) is 5.17. The number of furan rings is 1. The van der Waals surface area contributed by atoms with Crippen LogP contribution in [0.2, 0.25) is 0 Å². The molecule has 0 fully saturated rings. The highest BCUT2D eigenvalue weighted by Crippen LogP contribution is 2.27. The van der Waals surface area contributed by atoms with E-state index in [0.29, 0.717) is 0 Å². The Morgan fingerprint density at radius 3 is 2.48 bits per heavy atom. The average Bonchev–Trinajstić information content (AvgIpc) is 2.91. The van der Waals surface area contributed by atoms with Gasteiger partial charge in [-0.05, 0) is 24.1 Å². The van der Waals surface area contributed by atoms with Crippen molar-refractivity contribution in [1.82, 2.24) is 0 Å². The smallest absolute Gasteiger partial charge is 0.134 e. The fourth-order valence-electron chi connectivity index (χ4n) is 2.81. The number of fused-ring (bicyclic) bond motifs is 1. The highest BCUT2D eigenvalue weighted by Gasteiger charge is 2.12. The molecule has 21 heavy (non-hydrogen) atoms. The molecule has 0 bridgehead atoms. The number of para-hydroxylation sites is 2. The highest BCUT2D eigenvalue weighted by atomic mass is 16.3. The molecule has 3 rings (SSSR count). The molecule has 2 aromatic carbocycles. The minimum Gasteiger partial charge on any atom is -0.461 e. The van der Waals surface area contributed by atoms with E-state index >= 15 is 0 Å². The summed E-state index contributed by atoms with van der Waals surface area (Å²) < 4.78 is 5.95. The zero-order valence-electron chi connectivity index (χ0n) is 12.6. The van der Waals surface area contributed by atoms with Gasteiger partial charge in [-0.1, -0.05) is 50.2 Å². The molecule has 0 saturated heterocycles. The van der Waals surface area contributed by atoms with Crippen molar-refractivity contribution in [3.8, 4) is 0 Å². The van der Waals surface area contributed by atoms with Crippen molar-refractivity contribution in [1.29, 1.82) is 0 Å². The first-order valence-corrected chi connectivity index (χ1v) is 7.64. The molecular weight excluding hydrogens is 258 g/mol. The van der Waals surface area contributed by atoms with Gasteiger partial charge in [0.15, 0.2) is 0 Å². The summed E-state index contributed by atoms with van der Waals surface area (Å²) in [5, 5.41) is 4.79. The van der Waals surface area contributed by atoms with Crippen molar-refractivity contribution < 1.29 is 4.42 Å². The molecule has 0 atom stereocenters. The van der Waals surface area contributed by atoms with Crippen molar-refractivity contribution in [2.75, 3.05) is 5.32 Å². The molecule has 2 nitrogen and oxygen atoms in total. The standard InChI is InChI=1S/C19H21NO/c1-3-14-9-5-7-11-17(14)20-13-16-15-10-6-8-12-19(15)21-18(16)4-2/h5-12,20H,3-4,13H2,1-2H3. The molecule has 108 valence electrons. The maximum absolute atomic E-state index is 5.95. The van der Waals surface area contributed by atoms with E-state index in [2.05, 4.69) is 55.6 Å². The third-order valence-electron chi connectivity index (χ3n) is 3.96. The van der Waals surface area contributed by atoms with Gasteiger partial charge >= 0.3 is 0 Å². The van der Waals surface area contributed by atoms with Crippen LogP contribution < -0.4 is 5.32 Å². The van der Waals surface area contributed by atoms with Gasteiger partial charge < -0.3 is 9.73 Å². The van der Waals surface area contributed by atoms with E-state index < -0.39 is 0 Å². The molecule has 3 aromatic rings. The lowest BCUT2D eigenvalue weighted by atomic mass is 10.1. The van der Waals surface area contributed by atoms with Gasteiger partial charge in [0.2, 0.25) is 0 Å². The normalized spacial score (nSPS) is 11.0. The van der Waals surface area contributed by atoms with Crippen LogP contribution in [0.4, 0.5) is 5.69 Å². The molecule has 0 aliphatic rings. The number of nitrogens with one attached hydrogen (secondary N) is 1. The van der Waals surface area contributed by atoms with E-state index in [1.807, 2.05) is 12.1 Å². The van der Waals surface area contributed by atoms with E-state index in [-0.39, 0.29) is 0 Å². The Morgan fingerprint density at radius 2 is 1.67 bits per heavy atom. The van der Waals surface area contributed by atoms with Crippen molar-refractivity contribution >= 4 is 16.7 Å². The molecule has 0 aliphatic carbocycles. The van der Waals surface area contributed by atoms with E-state index in [9.17, 15) is 0 Å². The average molecular weight is 279 g/mol. The van der Waals surface area contributed by atoms with Crippen LogP contribution in [0.5, 0.6) is 0 Å². The number of aryl methyl sites for hydroxylation is 2. The lowest BCUT2D eigenvalue weighted by Gasteiger charge is -2.11. The fourth-order valence-corrected chi connectivity index (χ4v) is 2.81. The third kappa shape index (κ3) is 2.66. The van der Waals surface area contributed by atoms with E-state index in [1.165, 1.54) is 22.2 Å². The molecule has 0 radical (unpaired) electrons. The minimum absolute atomic E-state index is 0.803. The van der Waals surface area contributed by atoms with Crippen molar-refractivity contribution in [2.24, 2.45) is 0 Å². The zero-order valence-corrected chi connectivity index (χ0v) is 12.6.